The standard InChI is InChI=1S/C13H11F3N2O2/c1-18-11(6-8(17-18)7-12(19)20)9-4-2-3-5-10(9)13(14,15)16/h2-6H,7H2,1H3,(H,19,20). The lowest BCUT2D eigenvalue weighted by Crippen LogP contribution is -2.08. The van der Waals surface area contributed by atoms with Gasteiger partial charge in [-0.2, -0.15) is 18.3 Å². The number of halogens is 3. The SMILES string of the molecule is Cn1nc(CC(=O)O)cc1-c1ccccc1C(F)(F)F. The molecule has 1 N–H and O–H groups in total. The van der Waals surface area contributed by atoms with Gasteiger partial charge in [0, 0.05) is 12.6 Å². The summed E-state index contributed by atoms with van der Waals surface area (Å²) in [6.07, 6.45) is -4.81. The van der Waals surface area contributed by atoms with Gasteiger partial charge in [0.25, 0.3) is 0 Å². The Balaban J connectivity index is 2.52. The van der Waals surface area contributed by atoms with Crippen molar-refractivity contribution in [3.63, 3.8) is 0 Å². The number of carboxylic acid groups (broad SMARTS) is 1. The smallest absolute Gasteiger partial charge is 0.417 e. The number of alkyl halides is 3. The summed E-state index contributed by atoms with van der Waals surface area (Å²) in [5, 5.41) is 12.6. The van der Waals surface area contributed by atoms with Crippen molar-refractivity contribution in [3.8, 4) is 11.3 Å². The van der Waals surface area contributed by atoms with Crippen molar-refractivity contribution in [1.29, 1.82) is 0 Å². The van der Waals surface area contributed by atoms with E-state index in [9.17, 15) is 18.0 Å². The van der Waals surface area contributed by atoms with Crippen LogP contribution >= 0.6 is 0 Å². The lowest BCUT2D eigenvalue weighted by molar-refractivity contribution is -0.137. The number of aliphatic carboxylic acids is 1. The highest BCUT2D eigenvalue weighted by Crippen LogP contribution is 2.36. The van der Waals surface area contributed by atoms with E-state index in [4.69, 9.17) is 5.11 Å². The Morgan fingerprint density at radius 3 is 2.60 bits per heavy atom. The van der Waals surface area contributed by atoms with Crippen molar-refractivity contribution in [1.82, 2.24) is 9.78 Å². The van der Waals surface area contributed by atoms with Gasteiger partial charge in [-0.1, -0.05) is 18.2 Å². The van der Waals surface area contributed by atoms with Crippen LogP contribution in [-0.4, -0.2) is 20.9 Å². The largest absolute Gasteiger partial charge is 0.481 e. The van der Waals surface area contributed by atoms with Crippen LogP contribution in [0.5, 0.6) is 0 Å². The molecule has 0 fully saturated rings. The Morgan fingerprint density at radius 2 is 2.00 bits per heavy atom. The van der Waals surface area contributed by atoms with Crippen LogP contribution in [0.2, 0.25) is 0 Å². The quantitative estimate of drug-likeness (QED) is 0.942. The predicted octanol–water partition coefficient (Wildman–Crippen LogP) is 2.73. The van der Waals surface area contributed by atoms with E-state index in [1.165, 1.54) is 36.0 Å². The van der Waals surface area contributed by atoms with E-state index in [1.54, 1.807) is 0 Å². The second-order valence-electron chi connectivity index (χ2n) is 4.26. The van der Waals surface area contributed by atoms with E-state index >= 15 is 0 Å². The molecular formula is C13H11F3N2O2. The van der Waals surface area contributed by atoms with Crippen molar-refractivity contribution < 1.29 is 23.1 Å². The molecule has 0 amide bonds. The van der Waals surface area contributed by atoms with Crippen molar-refractivity contribution in [2.24, 2.45) is 7.05 Å². The molecule has 0 radical (unpaired) electrons. The highest BCUT2D eigenvalue weighted by Gasteiger charge is 2.34. The molecule has 106 valence electrons. The molecule has 0 saturated heterocycles. The van der Waals surface area contributed by atoms with Crippen LogP contribution in [0.15, 0.2) is 30.3 Å². The minimum absolute atomic E-state index is 0.0216. The third-order valence-electron chi connectivity index (χ3n) is 2.77. The van der Waals surface area contributed by atoms with Crippen LogP contribution in [0.25, 0.3) is 11.3 Å². The van der Waals surface area contributed by atoms with Gasteiger partial charge in [-0.15, -0.1) is 0 Å². The van der Waals surface area contributed by atoms with E-state index in [0.717, 1.165) is 6.07 Å². The molecule has 0 bridgehead atoms. The minimum Gasteiger partial charge on any atom is -0.481 e. The number of hydrogen-bond donors (Lipinski definition) is 1. The molecule has 1 aromatic carbocycles. The van der Waals surface area contributed by atoms with Crippen LogP contribution in [0, 0.1) is 0 Å². The van der Waals surface area contributed by atoms with Crippen molar-refractivity contribution in [2.75, 3.05) is 0 Å². The highest BCUT2D eigenvalue weighted by molar-refractivity contribution is 5.71. The first-order valence-electron chi connectivity index (χ1n) is 5.70. The number of carbonyl (C=O) groups is 1. The van der Waals surface area contributed by atoms with Gasteiger partial charge in [0.1, 0.15) is 0 Å². The van der Waals surface area contributed by atoms with Crippen molar-refractivity contribution in [3.05, 3.63) is 41.6 Å². The highest BCUT2D eigenvalue weighted by atomic mass is 19.4. The summed E-state index contributed by atoms with van der Waals surface area (Å²) in [5.41, 5.74) is -0.349. The van der Waals surface area contributed by atoms with Crippen LogP contribution in [-0.2, 0) is 24.4 Å². The summed E-state index contributed by atoms with van der Waals surface area (Å²) in [4.78, 5) is 10.6. The molecule has 0 aliphatic carbocycles. The van der Waals surface area contributed by atoms with E-state index in [-0.39, 0.29) is 23.4 Å². The van der Waals surface area contributed by atoms with Gasteiger partial charge in [-0.05, 0) is 12.1 Å². The Bertz CT molecular complexity index is 647. The lowest BCUT2D eigenvalue weighted by atomic mass is 10.0. The molecule has 2 aromatic rings. The molecule has 4 nitrogen and oxygen atoms in total. The van der Waals surface area contributed by atoms with Crippen molar-refractivity contribution in [2.45, 2.75) is 12.6 Å². The Morgan fingerprint density at radius 1 is 1.35 bits per heavy atom. The monoisotopic (exact) mass is 284 g/mol. The van der Waals surface area contributed by atoms with Gasteiger partial charge in [0.15, 0.2) is 0 Å². The van der Waals surface area contributed by atoms with Crippen LogP contribution in [0.4, 0.5) is 13.2 Å². The van der Waals surface area contributed by atoms with E-state index < -0.39 is 17.7 Å². The molecule has 0 saturated carbocycles. The Hall–Kier alpha value is -2.31. The van der Waals surface area contributed by atoms with Crippen LogP contribution in [0.1, 0.15) is 11.3 Å². The fourth-order valence-corrected chi connectivity index (χ4v) is 1.97. The van der Waals surface area contributed by atoms with Gasteiger partial charge in [-0.3, -0.25) is 9.48 Å². The topological polar surface area (TPSA) is 55.1 Å². The fraction of sp³-hybridized carbons (Fsp3) is 0.231. The van der Waals surface area contributed by atoms with Crippen LogP contribution in [0.3, 0.4) is 0 Å². The number of aryl methyl sites for hydroxylation is 1. The first-order valence-corrected chi connectivity index (χ1v) is 5.70. The molecule has 1 aromatic heterocycles. The molecule has 0 atom stereocenters. The number of aromatic nitrogens is 2. The van der Waals surface area contributed by atoms with Gasteiger partial charge < -0.3 is 5.11 Å². The molecule has 0 spiro atoms. The third-order valence-corrected chi connectivity index (χ3v) is 2.77. The molecule has 0 aliphatic rings. The zero-order valence-electron chi connectivity index (χ0n) is 10.5. The molecule has 7 heteroatoms. The van der Waals surface area contributed by atoms with Gasteiger partial charge in [0.05, 0.1) is 23.4 Å². The normalized spacial score (nSPS) is 11.6. The van der Waals surface area contributed by atoms with Gasteiger partial charge in [0.2, 0.25) is 0 Å². The Kier molecular flexibility index (Phi) is 3.52. The first-order chi connectivity index (χ1) is 9.29. The summed E-state index contributed by atoms with van der Waals surface area (Å²) in [6.45, 7) is 0. The van der Waals surface area contributed by atoms with Gasteiger partial charge in [-0.25, -0.2) is 0 Å². The minimum atomic E-state index is -4.48. The zero-order valence-corrected chi connectivity index (χ0v) is 10.5. The second-order valence-corrected chi connectivity index (χ2v) is 4.26. The summed E-state index contributed by atoms with van der Waals surface area (Å²) >= 11 is 0. The second kappa shape index (κ2) is 4.99. The average molecular weight is 284 g/mol. The average Bonchev–Trinajstić information content (AvgIpc) is 2.68. The number of benzene rings is 1. The van der Waals surface area contributed by atoms with Crippen LogP contribution < -0.4 is 0 Å². The fourth-order valence-electron chi connectivity index (χ4n) is 1.97. The lowest BCUT2D eigenvalue weighted by Gasteiger charge is -2.12. The maximum atomic E-state index is 13.0. The number of rotatable bonds is 3. The number of carboxylic acids is 1. The summed E-state index contributed by atoms with van der Waals surface area (Å²) < 4.78 is 40.1. The van der Waals surface area contributed by atoms with E-state index in [0.29, 0.717) is 0 Å². The number of nitrogens with zero attached hydrogens (tertiary/aromatic N) is 2. The van der Waals surface area contributed by atoms with Crippen molar-refractivity contribution >= 4 is 5.97 Å². The summed E-state index contributed by atoms with van der Waals surface area (Å²) in [5.74, 6) is -1.08. The zero-order chi connectivity index (χ0) is 14.9. The molecule has 1 heterocycles. The molecule has 20 heavy (non-hydrogen) atoms. The molecule has 0 unspecified atom stereocenters. The third kappa shape index (κ3) is 2.81. The maximum Gasteiger partial charge on any atom is 0.417 e. The van der Waals surface area contributed by atoms with E-state index in [2.05, 4.69) is 5.10 Å². The maximum absolute atomic E-state index is 13.0. The summed E-state index contributed by atoms with van der Waals surface area (Å²) in [7, 11) is 1.48. The first kappa shape index (κ1) is 14.1. The molecular weight excluding hydrogens is 273 g/mol. The molecule has 2 rings (SSSR count). The summed E-state index contributed by atoms with van der Waals surface area (Å²) in [6, 6.07) is 6.48. The van der Waals surface area contributed by atoms with Gasteiger partial charge >= 0.3 is 12.1 Å². The molecule has 0 aliphatic heterocycles. The Labute approximate surface area is 112 Å². The predicted molar refractivity (Wildman–Crippen MR) is 65.0 cm³/mol. The van der Waals surface area contributed by atoms with E-state index in [1.807, 2.05) is 0 Å². The number of hydrogen-bond acceptors (Lipinski definition) is 2.